The van der Waals surface area contributed by atoms with Crippen molar-refractivity contribution in [3.8, 4) is 0 Å². The molecular weight excluding hydrogens is 164 g/mol. The Balaban J connectivity index is 3.37. The molecule has 3 nitrogen and oxygen atoms in total. The zero-order chi connectivity index (χ0) is 8.48. The van der Waals surface area contributed by atoms with Crippen LogP contribution in [-0.2, 0) is 10.1 Å². The zero-order valence-corrected chi connectivity index (χ0v) is 6.72. The number of aryl methyl sites for hydroxylation is 1. The summed E-state index contributed by atoms with van der Waals surface area (Å²) in [7, 11) is -4.06. The third-order valence-electron chi connectivity index (χ3n) is 1.31. The molecule has 0 unspecified atom stereocenters. The van der Waals surface area contributed by atoms with E-state index in [0.29, 0.717) is 5.56 Å². The maximum atomic E-state index is 10.6. The van der Waals surface area contributed by atoms with Crippen LogP contribution in [0.3, 0.4) is 0 Å². The van der Waals surface area contributed by atoms with E-state index < -0.39 is 10.1 Å². The van der Waals surface area contributed by atoms with E-state index in [2.05, 4.69) is 6.07 Å². The molecule has 1 radical (unpaired) electrons. The van der Waals surface area contributed by atoms with Crippen molar-refractivity contribution < 1.29 is 13.0 Å². The highest BCUT2D eigenvalue weighted by Crippen LogP contribution is 2.12. The molecule has 1 aromatic carbocycles. The van der Waals surface area contributed by atoms with Crippen LogP contribution in [0.15, 0.2) is 23.1 Å². The zero-order valence-electron chi connectivity index (χ0n) is 5.90. The molecule has 0 aromatic heterocycles. The van der Waals surface area contributed by atoms with Crippen molar-refractivity contribution in [3.05, 3.63) is 29.8 Å². The van der Waals surface area contributed by atoms with Gasteiger partial charge in [-0.2, -0.15) is 8.42 Å². The van der Waals surface area contributed by atoms with E-state index in [1.54, 1.807) is 19.1 Å². The second kappa shape index (κ2) is 2.64. The second-order valence-corrected chi connectivity index (χ2v) is 3.56. The number of benzene rings is 1. The van der Waals surface area contributed by atoms with Crippen molar-refractivity contribution in [1.82, 2.24) is 0 Å². The summed E-state index contributed by atoms with van der Waals surface area (Å²) < 4.78 is 29.8. The van der Waals surface area contributed by atoms with Gasteiger partial charge in [-0.1, -0.05) is 12.1 Å². The minimum Gasteiger partial charge on any atom is -0.282 e. The fraction of sp³-hybridized carbons (Fsp3) is 0.143. The van der Waals surface area contributed by atoms with Crippen LogP contribution in [0, 0.1) is 13.0 Å². The molecule has 0 saturated heterocycles. The first-order chi connectivity index (χ1) is 5.02. The summed E-state index contributed by atoms with van der Waals surface area (Å²) in [6.45, 7) is 1.61. The normalized spacial score (nSPS) is 11.5. The summed E-state index contributed by atoms with van der Waals surface area (Å²) in [4.78, 5) is -0.0833. The van der Waals surface area contributed by atoms with Gasteiger partial charge in [-0.25, -0.2) is 0 Å². The fourth-order valence-electron chi connectivity index (χ4n) is 0.771. The highest BCUT2D eigenvalue weighted by atomic mass is 32.2. The lowest BCUT2D eigenvalue weighted by Crippen LogP contribution is -1.99. The molecule has 0 aliphatic heterocycles. The number of hydrogen-bond acceptors (Lipinski definition) is 2. The van der Waals surface area contributed by atoms with Gasteiger partial charge in [-0.15, -0.1) is 0 Å². The highest BCUT2D eigenvalue weighted by Gasteiger charge is 2.10. The molecule has 11 heavy (non-hydrogen) atoms. The molecule has 0 amide bonds. The smallest absolute Gasteiger partial charge is 0.282 e. The topological polar surface area (TPSA) is 54.4 Å². The average molecular weight is 171 g/mol. The molecule has 0 bridgehead atoms. The summed E-state index contributed by atoms with van der Waals surface area (Å²) in [6.07, 6.45) is 0. The maximum Gasteiger partial charge on any atom is 0.294 e. The molecule has 1 aromatic rings. The van der Waals surface area contributed by atoms with Gasteiger partial charge >= 0.3 is 0 Å². The van der Waals surface area contributed by atoms with E-state index in [9.17, 15) is 8.42 Å². The predicted molar refractivity (Wildman–Crippen MR) is 39.8 cm³/mol. The van der Waals surface area contributed by atoms with Crippen molar-refractivity contribution in [2.75, 3.05) is 0 Å². The molecule has 1 rings (SSSR count). The molecule has 0 saturated carbocycles. The van der Waals surface area contributed by atoms with Crippen molar-refractivity contribution in [3.63, 3.8) is 0 Å². The van der Waals surface area contributed by atoms with Gasteiger partial charge in [-0.05, 0) is 24.6 Å². The van der Waals surface area contributed by atoms with Crippen LogP contribution in [-0.4, -0.2) is 13.0 Å². The highest BCUT2D eigenvalue weighted by molar-refractivity contribution is 7.85. The van der Waals surface area contributed by atoms with Crippen LogP contribution in [0.4, 0.5) is 0 Å². The van der Waals surface area contributed by atoms with E-state index in [-0.39, 0.29) is 4.90 Å². The fourth-order valence-corrected chi connectivity index (χ4v) is 1.46. The van der Waals surface area contributed by atoms with Crippen LogP contribution >= 0.6 is 0 Å². The van der Waals surface area contributed by atoms with Crippen molar-refractivity contribution >= 4 is 10.1 Å². The van der Waals surface area contributed by atoms with Gasteiger partial charge < -0.3 is 0 Å². The minimum absolute atomic E-state index is 0.0833. The predicted octanol–water partition coefficient (Wildman–Crippen LogP) is 1.04. The molecule has 0 heterocycles. The van der Waals surface area contributed by atoms with Crippen LogP contribution in [0.2, 0.25) is 0 Å². The second-order valence-electron chi connectivity index (χ2n) is 2.17. The molecule has 4 heteroatoms. The van der Waals surface area contributed by atoms with E-state index in [1.165, 1.54) is 6.07 Å². The van der Waals surface area contributed by atoms with E-state index >= 15 is 0 Å². The van der Waals surface area contributed by atoms with Crippen LogP contribution in [0.25, 0.3) is 0 Å². The summed E-state index contributed by atoms with van der Waals surface area (Å²) in [5, 5.41) is 0. The SMILES string of the molecule is Cc1cc[c]cc1S(=O)(=O)O. The Hall–Kier alpha value is -0.870. The third-order valence-corrected chi connectivity index (χ3v) is 2.31. The standard InChI is InChI=1S/C7H7O3S/c1-6-4-2-3-5-7(6)11(8,9)10/h2,4-5H,1H3,(H,8,9,10). The Morgan fingerprint density at radius 2 is 2.18 bits per heavy atom. The lowest BCUT2D eigenvalue weighted by molar-refractivity contribution is 0.482. The average Bonchev–Trinajstić information content (AvgIpc) is 1.86. The number of rotatable bonds is 1. The molecule has 1 N–H and O–H groups in total. The van der Waals surface area contributed by atoms with E-state index in [1.807, 2.05) is 0 Å². The van der Waals surface area contributed by atoms with Gasteiger partial charge in [-0.3, -0.25) is 4.55 Å². The monoisotopic (exact) mass is 171 g/mol. The van der Waals surface area contributed by atoms with Gasteiger partial charge in [0.05, 0.1) is 4.90 Å². The van der Waals surface area contributed by atoms with Gasteiger partial charge in [0.2, 0.25) is 0 Å². The first kappa shape index (κ1) is 8.23. The first-order valence-corrected chi connectivity index (χ1v) is 4.40. The summed E-state index contributed by atoms with van der Waals surface area (Å²) in [5.74, 6) is 0. The minimum atomic E-state index is -4.06. The van der Waals surface area contributed by atoms with Gasteiger partial charge in [0.25, 0.3) is 10.1 Å². The quantitative estimate of drug-likeness (QED) is 0.642. The Kier molecular flexibility index (Phi) is 1.97. The Labute approximate surface area is 65.4 Å². The van der Waals surface area contributed by atoms with Gasteiger partial charge in [0, 0.05) is 0 Å². The van der Waals surface area contributed by atoms with Crippen LogP contribution < -0.4 is 0 Å². The third kappa shape index (κ3) is 1.78. The van der Waals surface area contributed by atoms with Gasteiger partial charge in [0.1, 0.15) is 0 Å². The summed E-state index contributed by atoms with van der Waals surface area (Å²) in [5.41, 5.74) is 0.520. The van der Waals surface area contributed by atoms with Crippen LogP contribution in [0.1, 0.15) is 5.56 Å². The molecule has 0 fully saturated rings. The lowest BCUT2D eigenvalue weighted by Gasteiger charge is -1.98. The summed E-state index contributed by atoms with van der Waals surface area (Å²) in [6, 6.07) is 6.97. The van der Waals surface area contributed by atoms with Crippen LogP contribution in [0.5, 0.6) is 0 Å². The van der Waals surface area contributed by atoms with E-state index in [0.717, 1.165) is 0 Å². The molecule has 0 atom stereocenters. The van der Waals surface area contributed by atoms with Gasteiger partial charge in [0.15, 0.2) is 0 Å². The molecule has 0 aliphatic carbocycles. The maximum absolute atomic E-state index is 10.6. The molecule has 0 spiro atoms. The Morgan fingerprint density at radius 1 is 1.55 bits per heavy atom. The van der Waals surface area contributed by atoms with E-state index in [4.69, 9.17) is 4.55 Å². The Bertz CT molecular complexity index is 354. The molecular formula is C7H7O3S. The van der Waals surface area contributed by atoms with Crippen molar-refractivity contribution in [2.24, 2.45) is 0 Å². The number of hydrogen-bond donors (Lipinski definition) is 1. The van der Waals surface area contributed by atoms with Crippen molar-refractivity contribution in [2.45, 2.75) is 11.8 Å². The first-order valence-electron chi connectivity index (χ1n) is 2.96. The molecule has 0 aliphatic rings. The summed E-state index contributed by atoms with van der Waals surface area (Å²) >= 11 is 0. The Morgan fingerprint density at radius 3 is 2.55 bits per heavy atom. The lowest BCUT2D eigenvalue weighted by atomic mass is 10.2. The largest absolute Gasteiger partial charge is 0.294 e. The van der Waals surface area contributed by atoms with Crippen molar-refractivity contribution in [1.29, 1.82) is 0 Å². The molecule has 59 valence electrons.